The van der Waals surface area contributed by atoms with E-state index in [2.05, 4.69) is 5.32 Å². The molecular formula is C21H22ClNO4. The summed E-state index contributed by atoms with van der Waals surface area (Å²) in [6, 6.07) is 14.4. The van der Waals surface area contributed by atoms with Gasteiger partial charge in [-0.25, -0.2) is 0 Å². The minimum atomic E-state index is -0.673. The second-order valence-electron chi connectivity index (χ2n) is 6.50. The number of hydrogen-bond donors (Lipinski definition) is 1. The lowest BCUT2D eigenvalue weighted by molar-refractivity contribution is -0.156. The molecule has 0 spiro atoms. The average molecular weight is 388 g/mol. The minimum absolute atomic E-state index is 0.339. The topological polar surface area (TPSA) is 64.6 Å². The van der Waals surface area contributed by atoms with Crippen LogP contribution in [-0.2, 0) is 19.7 Å². The van der Waals surface area contributed by atoms with Crippen molar-refractivity contribution in [1.82, 2.24) is 0 Å². The van der Waals surface area contributed by atoms with E-state index in [1.165, 1.54) is 0 Å². The van der Waals surface area contributed by atoms with Crippen molar-refractivity contribution in [1.29, 1.82) is 0 Å². The van der Waals surface area contributed by atoms with Gasteiger partial charge < -0.3 is 14.8 Å². The molecule has 0 unspecified atom stereocenters. The largest absolute Gasteiger partial charge is 0.492 e. The first-order chi connectivity index (χ1) is 13.0. The Bertz CT molecular complexity index is 815. The number of anilines is 1. The molecule has 1 amide bonds. The maximum absolute atomic E-state index is 12.7. The summed E-state index contributed by atoms with van der Waals surface area (Å²) in [5.74, 6) is -0.193. The molecule has 5 nitrogen and oxygen atoms in total. The van der Waals surface area contributed by atoms with E-state index in [0.717, 1.165) is 12.0 Å². The van der Waals surface area contributed by atoms with Gasteiger partial charge >= 0.3 is 5.97 Å². The lowest BCUT2D eigenvalue weighted by atomic mass is 9.64. The lowest BCUT2D eigenvalue weighted by Crippen LogP contribution is -2.44. The van der Waals surface area contributed by atoms with E-state index in [1.807, 2.05) is 25.1 Å². The Morgan fingerprint density at radius 2 is 1.81 bits per heavy atom. The maximum Gasteiger partial charge on any atom is 0.317 e. The number of ether oxygens (including phenoxy) is 2. The number of para-hydroxylation sites is 2. The SMILES string of the molecule is CCOc1ccccc1NC(=O)COC(=O)C1(c2ccc(Cl)cc2)CCC1. The summed E-state index contributed by atoms with van der Waals surface area (Å²) in [4.78, 5) is 24.9. The van der Waals surface area contributed by atoms with Crippen molar-refractivity contribution in [3.05, 3.63) is 59.1 Å². The highest BCUT2D eigenvalue weighted by Crippen LogP contribution is 2.45. The molecule has 2 aromatic carbocycles. The van der Waals surface area contributed by atoms with Crippen LogP contribution in [0.2, 0.25) is 5.02 Å². The third kappa shape index (κ3) is 4.25. The summed E-state index contributed by atoms with van der Waals surface area (Å²) in [6.07, 6.45) is 2.37. The molecule has 0 saturated heterocycles. The van der Waals surface area contributed by atoms with E-state index in [-0.39, 0.29) is 12.6 Å². The molecule has 6 heteroatoms. The molecule has 142 valence electrons. The molecule has 1 N–H and O–H groups in total. The van der Waals surface area contributed by atoms with Crippen molar-refractivity contribution in [3.8, 4) is 5.75 Å². The van der Waals surface area contributed by atoms with Crippen LogP contribution in [0.15, 0.2) is 48.5 Å². The number of nitrogens with one attached hydrogen (secondary N) is 1. The number of hydrogen-bond acceptors (Lipinski definition) is 4. The molecule has 3 rings (SSSR count). The fourth-order valence-electron chi connectivity index (χ4n) is 3.22. The van der Waals surface area contributed by atoms with Crippen LogP contribution in [0.1, 0.15) is 31.7 Å². The monoisotopic (exact) mass is 387 g/mol. The van der Waals surface area contributed by atoms with Crippen molar-refractivity contribution in [3.63, 3.8) is 0 Å². The molecule has 0 atom stereocenters. The zero-order chi connectivity index (χ0) is 19.3. The highest BCUT2D eigenvalue weighted by molar-refractivity contribution is 6.30. The second kappa shape index (κ2) is 8.44. The van der Waals surface area contributed by atoms with Gasteiger partial charge in [0.25, 0.3) is 5.91 Å². The fraction of sp³-hybridized carbons (Fsp3) is 0.333. The van der Waals surface area contributed by atoms with Gasteiger partial charge in [0, 0.05) is 5.02 Å². The van der Waals surface area contributed by atoms with Crippen LogP contribution < -0.4 is 10.1 Å². The molecule has 0 radical (unpaired) electrons. The highest BCUT2D eigenvalue weighted by atomic mass is 35.5. The quantitative estimate of drug-likeness (QED) is 0.717. The van der Waals surface area contributed by atoms with Crippen molar-refractivity contribution < 1.29 is 19.1 Å². The van der Waals surface area contributed by atoms with Crippen LogP contribution in [-0.4, -0.2) is 25.1 Å². The predicted molar refractivity (Wildman–Crippen MR) is 104 cm³/mol. The molecule has 0 heterocycles. The van der Waals surface area contributed by atoms with Gasteiger partial charge in [0.05, 0.1) is 17.7 Å². The van der Waals surface area contributed by atoms with E-state index in [9.17, 15) is 9.59 Å². The Morgan fingerprint density at radius 3 is 2.44 bits per heavy atom. The summed E-state index contributed by atoms with van der Waals surface area (Å²) in [5.41, 5.74) is 0.760. The number of rotatable bonds is 7. The van der Waals surface area contributed by atoms with Gasteiger partial charge in [0.1, 0.15) is 5.75 Å². The Balaban J connectivity index is 1.61. The van der Waals surface area contributed by atoms with Crippen LogP contribution in [0.25, 0.3) is 0 Å². The van der Waals surface area contributed by atoms with E-state index in [0.29, 0.717) is 35.9 Å². The predicted octanol–water partition coefficient (Wildman–Crippen LogP) is 4.34. The normalized spacial score (nSPS) is 14.7. The molecule has 1 aliphatic rings. The molecular weight excluding hydrogens is 366 g/mol. The van der Waals surface area contributed by atoms with Gasteiger partial charge in [0.15, 0.2) is 6.61 Å². The van der Waals surface area contributed by atoms with E-state index in [1.54, 1.807) is 30.3 Å². The van der Waals surface area contributed by atoms with Crippen LogP contribution in [0.4, 0.5) is 5.69 Å². The first kappa shape index (κ1) is 19.2. The van der Waals surface area contributed by atoms with E-state index in [4.69, 9.17) is 21.1 Å². The number of carbonyl (C=O) groups is 2. The third-order valence-corrected chi connectivity index (χ3v) is 5.04. The molecule has 2 aromatic rings. The molecule has 0 aliphatic heterocycles. The average Bonchev–Trinajstić information content (AvgIpc) is 2.62. The molecule has 0 bridgehead atoms. The number of amides is 1. The third-order valence-electron chi connectivity index (χ3n) is 4.79. The Morgan fingerprint density at radius 1 is 1.11 bits per heavy atom. The first-order valence-electron chi connectivity index (χ1n) is 9.00. The first-order valence-corrected chi connectivity index (χ1v) is 9.38. The summed E-state index contributed by atoms with van der Waals surface area (Å²) < 4.78 is 10.8. The summed E-state index contributed by atoms with van der Waals surface area (Å²) in [7, 11) is 0. The fourth-order valence-corrected chi connectivity index (χ4v) is 3.34. The van der Waals surface area contributed by atoms with Gasteiger partial charge in [-0.3, -0.25) is 9.59 Å². The highest BCUT2D eigenvalue weighted by Gasteiger charge is 2.47. The lowest BCUT2D eigenvalue weighted by Gasteiger charge is -2.39. The van der Waals surface area contributed by atoms with Crippen molar-refractivity contribution >= 4 is 29.2 Å². The van der Waals surface area contributed by atoms with E-state index >= 15 is 0 Å². The number of halogens is 1. The zero-order valence-electron chi connectivity index (χ0n) is 15.2. The number of esters is 1. The Hall–Kier alpha value is -2.53. The minimum Gasteiger partial charge on any atom is -0.492 e. The van der Waals surface area contributed by atoms with Gasteiger partial charge in [-0.15, -0.1) is 0 Å². The summed E-state index contributed by atoms with van der Waals surface area (Å²) in [6.45, 7) is 2.02. The molecule has 1 aliphatic carbocycles. The Kier molecular flexibility index (Phi) is 6.01. The molecule has 1 fully saturated rings. The van der Waals surface area contributed by atoms with Gasteiger partial charge in [0.2, 0.25) is 0 Å². The summed E-state index contributed by atoms with van der Waals surface area (Å²) >= 11 is 5.94. The molecule has 1 saturated carbocycles. The number of carbonyl (C=O) groups excluding carboxylic acids is 2. The van der Waals surface area contributed by atoms with Crippen LogP contribution in [0, 0.1) is 0 Å². The Labute approximate surface area is 163 Å². The van der Waals surface area contributed by atoms with Crippen molar-refractivity contribution in [2.75, 3.05) is 18.5 Å². The van der Waals surface area contributed by atoms with Gasteiger partial charge in [-0.1, -0.05) is 42.3 Å². The number of benzene rings is 2. The molecule has 27 heavy (non-hydrogen) atoms. The standard InChI is InChI=1S/C21H22ClNO4/c1-2-26-18-7-4-3-6-17(18)23-19(24)14-27-20(25)21(12-5-13-21)15-8-10-16(22)11-9-15/h3-4,6-11H,2,5,12-14H2,1H3,(H,23,24). The molecule has 0 aromatic heterocycles. The van der Waals surface area contributed by atoms with E-state index < -0.39 is 11.3 Å². The summed E-state index contributed by atoms with van der Waals surface area (Å²) in [5, 5.41) is 3.35. The van der Waals surface area contributed by atoms with Crippen LogP contribution >= 0.6 is 11.6 Å². The van der Waals surface area contributed by atoms with Crippen molar-refractivity contribution in [2.45, 2.75) is 31.6 Å². The maximum atomic E-state index is 12.7. The van der Waals surface area contributed by atoms with Crippen LogP contribution in [0.5, 0.6) is 5.75 Å². The van der Waals surface area contributed by atoms with Crippen molar-refractivity contribution in [2.24, 2.45) is 0 Å². The zero-order valence-corrected chi connectivity index (χ0v) is 15.9. The smallest absolute Gasteiger partial charge is 0.317 e. The van der Waals surface area contributed by atoms with Gasteiger partial charge in [-0.05, 0) is 49.6 Å². The van der Waals surface area contributed by atoms with Crippen LogP contribution in [0.3, 0.4) is 0 Å². The van der Waals surface area contributed by atoms with Gasteiger partial charge in [-0.2, -0.15) is 0 Å². The second-order valence-corrected chi connectivity index (χ2v) is 6.93.